The first kappa shape index (κ1) is 22.5. The van der Waals surface area contributed by atoms with Crippen LogP contribution in [0.25, 0.3) is 0 Å². The molecule has 0 amide bonds. The van der Waals surface area contributed by atoms with Crippen molar-refractivity contribution in [3.05, 3.63) is 63.1 Å². The molecule has 9 heteroatoms. The number of hydrogen-bond acceptors (Lipinski definition) is 5. The molecule has 2 aromatic carbocycles. The lowest BCUT2D eigenvalue weighted by molar-refractivity contribution is 0.0474. The van der Waals surface area contributed by atoms with Crippen LogP contribution in [0.1, 0.15) is 34.6 Å². The highest BCUT2D eigenvalue weighted by atomic mass is 79.9. The quantitative estimate of drug-likeness (QED) is 0.411. The third-order valence-corrected chi connectivity index (χ3v) is 7.05. The number of carbonyl (C=O) groups excluding carboxylic acids is 2. The van der Waals surface area contributed by atoms with E-state index in [1.807, 2.05) is 0 Å². The normalized spacial score (nSPS) is 11.5. The van der Waals surface area contributed by atoms with E-state index in [1.54, 1.807) is 38.1 Å². The first-order valence-corrected chi connectivity index (χ1v) is 11.1. The second-order valence-corrected chi connectivity index (χ2v) is 8.97. The van der Waals surface area contributed by atoms with Crippen molar-refractivity contribution in [1.82, 2.24) is 4.31 Å². The molecule has 0 aliphatic heterocycles. The summed E-state index contributed by atoms with van der Waals surface area (Å²) in [5.74, 6) is -1.18. The van der Waals surface area contributed by atoms with Crippen molar-refractivity contribution in [2.24, 2.45) is 0 Å². The van der Waals surface area contributed by atoms with Gasteiger partial charge in [0.1, 0.15) is 4.90 Å². The maximum Gasteiger partial charge on any atom is 0.338 e. The molecule has 28 heavy (non-hydrogen) atoms. The Hall–Kier alpha value is -1.74. The van der Waals surface area contributed by atoms with Crippen molar-refractivity contribution in [3.63, 3.8) is 0 Å². The van der Waals surface area contributed by atoms with Gasteiger partial charge in [-0.25, -0.2) is 13.2 Å². The fourth-order valence-corrected chi connectivity index (χ4v) is 4.69. The van der Waals surface area contributed by atoms with E-state index in [4.69, 9.17) is 16.3 Å². The second-order valence-electron chi connectivity index (χ2n) is 5.74. The number of Topliss-reactive ketones (excluding diaryl/α,β-unsaturated/α-hetero) is 1. The number of carbonyl (C=O) groups is 2. The largest absolute Gasteiger partial charge is 0.454 e. The van der Waals surface area contributed by atoms with Gasteiger partial charge in [-0.05, 0) is 30.3 Å². The van der Waals surface area contributed by atoms with Crippen LogP contribution in [0.4, 0.5) is 0 Å². The molecule has 0 fully saturated rings. The summed E-state index contributed by atoms with van der Waals surface area (Å²) >= 11 is 9.32. The summed E-state index contributed by atoms with van der Waals surface area (Å²) in [6, 6.07) is 10.5. The lowest BCUT2D eigenvalue weighted by Gasteiger charge is -2.19. The van der Waals surface area contributed by atoms with Crippen LogP contribution in [0.5, 0.6) is 0 Å². The summed E-state index contributed by atoms with van der Waals surface area (Å²) in [6.07, 6.45) is 0. The van der Waals surface area contributed by atoms with Crippen LogP contribution in [0.3, 0.4) is 0 Å². The van der Waals surface area contributed by atoms with Crippen LogP contribution < -0.4 is 0 Å². The zero-order valence-corrected chi connectivity index (χ0v) is 18.5. The van der Waals surface area contributed by atoms with E-state index >= 15 is 0 Å². The average molecular weight is 489 g/mol. The second kappa shape index (κ2) is 9.65. The van der Waals surface area contributed by atoms with Crippen molar-refractivity contribution >= 4 is 49.3 Å². The van der Waals surface area contributed by atoms with Gasteiger partial charge in [0.2, 0.25) is 10.0 Å². The summed E-state index contributed by atoms with van der Waals surface area (Å²) < 4.78 is 32.5. The summed E-state index contributed by atoms with van der Waals surface area (Å²) in [6.45, 7) is 3.50. The first-order valence-electron chi connectivity index (χ1n) is 8.46. The molecular weight excluding hydrogens is 470 g/mol. The van der Waals surface area contributed by atoms with Crippen molar-refractivity contribution in [3.8, 4) is 0 Å². The Labute approximate surface area is 177 Å². The highest BCUT2D eigenvalue weighted by molar-refractivity contribution is 9.10. The predicted octanol–water partition coefficient (Wildman–Crippen LogP) is 4.17. The zero-order chi connectivity index (χ0) is 20.9. The highest BCUT2D eigenvalue weighted by Crippen LogP contribution is 2.26. The zero-order valence-electron chi connectivity index (χ0n) is 15.3. The van der Waals surface area contributed by atoms with E-state index in [9.17, 15) is 18.0 Å². The third-order valence-electron chi connectivity index (χ3n) is 3.99. The molecule has 0 N–H and O–H groups in total. The Morgan fingerprint density at radius 3 is 2.18 bits per heavy atom. The molecule has 6 nitrogen and oxygen atoms in total. The van der Waals surface area contributed by atoms with Crippen LogP contribution in [-0.4, -0.2) is 44.2 Å². The average Bonchev–Trinajstić information content (AvgIpc) is 2.67. The molecule has 0 aromatic heterocycles. The predicted molar refractivity (Wildman–Crippen MR) is 110 cm³/mol. The van der Waals surface area contributed by atoms with Crippen molar-refractivity contribution in [1.29, 1.82) is 0 Å². The molecule has 0 saturated heterocycles. The van der Waals surface area contributed by atoms with Crippen molar-refractivity contribution in [2.75, 3.05) is 19.7 Å². The summed E-state index contributed by atoms with van der Waals surface area (Å²) in [4.78, 5) is 24.2. The molecule has 150 valence electrons. The fraction of sp³-hybridized carbons (Fsp3) is 0.263. The number of sulfonamides is 1. The van der Waals surface area contributed by atoms with Gasteiger partial charge in [-0.3, -0.25) is 4.79 Å². The summed E-state index contributed by atoms with van der Waals surface area (Å²) in [5, 5.41) is 0.00869. The van der Waals surface area contributed by atoms with Crippen LogP contribution in [0.2, 0.25) is 5.02 Å². The number of hydrogen-bond donors (Lipinski definition) is 0. The van der Waals surface area contributed by atoms with Gasteiger partial charge >= 0.3 is 5.97 Å². The Bertz CT molecular complexity index is 972. The molecule has 0 radical (unpaired) electrons. The minimum absolute atomic E-state index is 0.00117. The SMILES string of the molecule is CCN(CC)S(=O)(=O)c1cc(C(=O)OCC(=O)c2ccc(Br)cc2)ccc1Cl. The fourth-order valence-electron chi connectivity index (χ4n) is 2.46. The van der Waals surface area contributed by atoms with E-state index in [2.05, 4.69) is 15.9 Å². The van der Waals surface area contributed by atoms with Gasteiger partial charge in [-0.2, -0.15) is 4.31 Å². The van der Waals surface area contributed by atoms with Gasteiger partial charge in [-0.15, -0.1) is 0 Å². The number of ketones is 1. The molecule has 0 saturated carbocycles. The van der Waals surface area contributed by atoms with E-state index in [0.29, 0.717) is 5.56 Å². The Kier molecular flexibility index (Phi) is 7.77. The minimum Gasteiger partial charge on any atom is -0.454 e. The minimum atomic E-state index is -3.84. The Morgan fingerprint density at radius 1 is 1.04 bits per heavy atom. The number of esters is 1. The number of halogens is 2. The molecular formula is C19H19BrClNO5S. The van der Waals surface area contributed by atoms with Crippen LogP contribution in [0.15, 0.2) is 51.8 Å². The molecule has 2 aromatic rings. The van der Waals surface area contributed by atoms with Gasteiger partial charge in [0.25, 0.3) is 0 Å². The molecule has 0 heterocycles. The standard InChI is InChI=1S/C19H19BrClNO5S/c1-3-22(4-2)28(25,26)18-11-14(7-10-16(18)21)19(24)27-12-17(23)13-5-8-15(20)9-6-13/h5-11H,3-4,12H2,1-2H3. The topological polar surface area (TPSA) is 80.8 Å². The van der Waals surface area contributed by atoms with Crippen LogP contribution in [0, 0.1) is 0 Å². The summed E-state index contributed by atoms with van der Waals surface area (Å²) in [5.41, 5.74) is 0.399. The maximum atomic E-state index is 12.7. The molecule has 2 rings (SSSR count). The van der Waals surface area contributed by atoms with Crippen LogP contribution >= 0.6 is 27.5 Å². The molecule has 0 atom stereocenters. The number of nitrogens with zero attached hydrogens (tertiary/aromatic N) is 1. The molecule has 0 spiro atoms. The third kappa shape index (κ3) is 5.20. The molecule has 0 bridgehead atoms. The van der Waals surface area contributed by atoms with Gasteiger partial charge in [-0.1, -0.05) is 53.5 Å². The van der Waals surface area contributed by atoms with Crippen molar-refractivity contribution < 1.29 is 22.7 Å². The van der Waals surface area contributed by atoms with Crippen molar-refractivity contribution in [2.45, 2.75) is 18.7 Å². The van der Waals surface area contributed by atoms with E-state index < -0.39 is 22.6 Å². The molecule has 0 aliphatic rings. The summed E-state index contributed by atoms with van der Waals surface area (Å²) in [7, 11) is -3.84. The Morgan fingerprint density at radius 2 is 1.61 bits per heavy atom. The van der Waals surface area contributed by atoms with Gasteiger partial charge < -0.3 is 4.74 Å². The molecule has 0 unspecified atom stereocenters. The number of ether oxygens (including phenoxy) is 1. The maximum absolute atomic E-state index is 12.7. The number of benzene rings is 2. The first-order chi connectivity index (χ1) is 13.2. The smallest absolute Gasteiger partial charge is 0.338 e. The number of rotatable bonds is 8. The monoisotopic (exact) mass is 487 g/mol. The van der Waals surface area contributed by atoms with Gasteiger partial charge in [0, 0.05) is 23.1 Å². The van der Waals surface area contributed by atoms with E-state index in [0.717, 1.165) is 4.47 Å². The van der Waals surface area contributed by atoms with Crippen LogP contribution in [-0.2, 0) is 14.8 Å². The van der Waals surface area contributed by atoms with Gasteiger partial charge in [0.05, 0.1) is 10.6 Å². The van der Waals surface area contributed by atoms with E-state index in [1.165, 1.54) is 22.5 Å². The lowest BCUT2D eigenvalue weighted by Crippen LogP contribution is -2.31. The highest BCUT2D eigenvalue weighted by Gasteiger charge is 2.26. The van der Waals surface area contributed by atoms with Gasteiger partial charge in [0.15, 0.2) is 12.4 Å². The van der Waals surface area contributed by atoms with E-state index in [-0.39, 0.29) is 34.4 Å². The molecule has 0 aliphatic carbocycles. The Balaban J connectivity index is 2.18. The lowest BCUT2D eigenvalue weighted by atomic mass is 10.1.